The topological polar surface area (TPSA) is 37.8 Å². The molecule has 0 saturated heterocycles. The molecule has 16 heavy (non-hydrogen) atoms. The second-order valence-corrected chi connectivity index (χ2v) is 4.53. The Balaban J connectivity index is 1.86. The molecule has 3 nitrogen and oxygen atoms in total. The maximum absolute atomic E-state index is 4.31. The molecule has 1 N–H and O–H groups in total. The Morgan fingerprint density at radius 3 is 2.69 bits per heavy atom. The number of rotatable bonds is 3. The van der Waals surface area contributed by atoms with Crippen molar-refractivity contribution in [3.05, 3.63) is 30.6 Å². The molecule has 0 aliphatic heterocycles. The van der Waals surface area contributed by atoms with Crippen LogP contribution in [0.1, 0.15) is 19.8 Å². The van der Waals surface area contributed by atoms with Gasteiger partial charge in [-0.2, -0.15) is 0 Å². The van der Waals surface area contributed by atoms with Crippen molar-refractivity contribution >= 4 is 16.7 Å². The van der Waals surface area contributed by atoms with Crippen LogP contribution in [0.25, 0.3) is 11.0 Å². The molecule has 1 aliphatic carbocycles. The minimum atomic E-state index is 0.564. The van der Waals surface area contributed by atoms with Gasteiger partial charge in [-0.05, 0) is 43.9 Å². The minimum Gasteiger partial charge on any atom is -0.382 e. The zero-order valence-corrected chi connectivity index (χ0v) is 9.35. The second kappa shape index (κ2) is 3.74. The number of aromatic nitrogens is 2. The molecule has 0 radical (unpaired) electrons. The van der Waals surface area contributed by atoms with Crippen LogP contribution in [0.15, 0.2) is 30.6 Å². The Morgan fingerprint density at radius 2 is 1.94 bits per heavy atom. The molecule has 0 spiro atoms. The van der Waals surface area contributed by atoms with Crippen molar-refractivity contribution in [1.82, 2.24) is 9.97 Å². The van der Waals surface area contributed by atoms with E-state index in [4.69, 9.17) is 0 Å². The van der Waals surface area contributed by atoms with Crippen molar-refractivity contribution in [3.8, 4) is 0 Å². The normalized spacial score (nSPS) is 17.3. The van der Waals surface area contributed by atoms with Crippen molar-refractivity contribution in [2.75, 3.05) is 5.32 Å². The summed E-state index contributed by atoms with van der Waals surface area (Å²) >= 11 is 0. The SMILES string of the molecule is CC(Nc1ccc2nccnc2c1)C1CC1. The van der Waals surface area contributed by atoms with Gasteiger partial charge in [0.1, 0.15) is 0 Å². The van der Waals surface area contributed by atoms with Gasteiger partial charge in [-0.1, -0.05) is 0 Å². The number of nitrogens with zero attached hydrogens (tertiary/aromatic N) is 2. The highest BCUT2D eigenvalue weighted by molar-refractivity contribution is 5.78. The maximum atomic E-state index is 4.31. The van der Waals surface area contributed by atoms with Crippen molar-refractivity contribution in [2.45, 2.75) is 25.8 Å². The molecule has 1 fully saturated rings. The second-order valence-electron chi connectivity index (χ2n) is 4.53. The first-order valence-electron chi connectivity index (χ1n) is 5.80. The van der Waals surface area contributed by atoms with E-state index in [1.165, 1.54) is 12.8 Å². The van der Waals surface area contributed by atoms with Crippen LogP contribution >= 0.6 is 0 Å². The van der Waals surface area contributed by atoms with Crippen LogP contribution in [0.4, 0.5) is 5.69 Å². The number of fused-ring (bicyclic) bond motifs is 1. The molecular weight excluding hydrogens is 198 g/mol. The zero-order chi connectivity index (χ0) is 11.0. The van der Waals surface area contributed by atoms with Gasteiger partial charge in [-0.3, -0.25) is 9.97 Å². The van der Waals surface area contributed by atoms with Gasteiger partial charge in [0.2, 0.25) is 0 Å². The molecule has 1 aromatic heterocycles. The van der Waals surface area contributed by atoms with Crippen molar-refractivity contribution in [2.24, 2.45) is 5.92 Å². The molecule has 1 heterocycles. The monoisotopic (exact) mass is 213 g/mol. The number of nitrogens with one attached hydrogen (secondary N) is 1. The van der Waals surface area contributed by atoms with Gasteiger partial charge in [0.25, 0.3) is 0 Å². The zero-order valence-electron chi connectivity index (χ0n) is 9.35. The lowest BCUT2D eigenvalue weighted by molar-refractivity contribution is 0.694. The van der Waals surface area contributed by atoms with Crippen molar-refractivity contribution in [3.63, 3.8) is 0 Å². The number of hydrogen-bond donors (Lipinski definition) is 1. The summed E-state index contributed by atoms with van der Waals surface area (Å²) in [6.07, 6.45) is 6.18. The van der Waals surface area contributed by atoms with Crippen LogP contribution in [0.5, 0.6) is 0 Å². The van der Waals surface area contributed by atoms with Gasteiger partial charge >= 0.3 is 0 Å². The summed E-state index contributed by atoms with van der Waals surface area (Å²) in [7, 11) is 0. The lowest BCUT2D eigenvalue weighted by atomic mass is 10.2. The molecular formula is C13H15N3. The van der Waals surface area contributed by atoms with Gasteiger partial charge < -0.3 is 5.32 Å². The van der Waals surface area contributed by atoms with Crippen LogP contribution in [0, 0.1) is 5.92 Å². The summed E-state index contributed by atoms with van der Waals surface area (Å²) in [5, 5.41) is 3.53. The van der Waals surface area contributed by atoms with Crippen LogP contribution in [-0.4, -0.2) is 16.0 Å². The van der Waals surface area contributed by atoms with E-state index in [0.717, 1.165) is 22.6 Å². The third-order valence-corrected chi connectivity index (χ3v) is 3.19. The lowest BCUT2D eigenvalue weighted by Crippen LogP contribution is -2.17. The first-order chi connectivity index (χ1) is 7.83. The summed E-state index contributed by atoms with van der Waals surface area (Å²) in [4.78, 5) is 8.57. The maximum Gasteiger partial charge on any atom is 0.0907 e. The molecule has 0 bridgehead atoms. The van der Waals surface area contributed by atoms with E-state index in [1.807, 2.05) is 6.07 Å². The van der Waals surface area contributed by atoms with Gasteiger partial charge in [-0.25, -0.2) is 0 Å². The highest BCUT2D eigenvalue weighted by Crippen LogP contribution is 2.34. The Bertz CT molecular complexity index is 505. The predicted octanol–water partition coefficient (Wildman–Crippen LogP) is 2.84. The Kier molecular flexibility index (Phi) is 2.24. The summed E-state index contributed by atoms with van der Waals surface area (Å²) in [6, 6.07) is 6.73. The fourth-order valence-corrected chi connectivity index (χ4v) is 2.03. The lowest BCUT2D eigenvalue weighted by Gasteiger charge is -2.14. The molecule has 1 saturated carbocycles. The van der Waals surface area contributed by atoms with Crippen LogP contribution in [0.3, 0.4) is 0 Å². The van der Waals surface area contributed by atoms with Crippen molar-refractivity contribution in [1.29, 1.82) is 0 Å². The third kappa shape index (κ3) is 1.85. The standard InChI is InChI=1S/C13H15N3/c1-9(10-2-3-10)16-11-4-5-12-13(8-11)15-7-6-14-12/h4-10,16H,2-3H2,1H3. The molecule has 0 amide bonds. The fourth-order valence-electron chi connectivity index (χ4n) is 2.03. The minimum absolute atomic E-state index is 0.564. The smallest absolute Gasteiger partial charge is 0.0907 e. The van der Waals surface area contributed by atoms with Crippen LogP contribution < -0.4 is 5.32 Å². The molecule has 1 atom stereocenters. The van der Waals surface area contributed by atoms with Gasteiger partial charge in [0.15, 0.2) is 0 Å². The number of hydrogen-bond acceptors (Lipinski definition) is 3. The number of anilines is 1. The molecule has 82 valence electrons. The molecule has 3 heteroatoms. The van der Waals surface area contributed by atoms with E-state index in [-0.39, 0.29) is 0 Å². The van der Waals surface area contributed by atoms with Gasteiger partial charge in [0.05, 0.1) is 11.0 Å². The fraction of sp³-hybridized carbons (Fsp3) is 0.385. The molecule has 3 rings (SSSR count). The molecule has 1 unspecified atom stereocenters. The summed E-state index contributed by atoms with van der Waals surface area (Å²) in [6.45, 7) is 2.25. The first kappa shape index (κ1) is 9.58. The molecule has 1 aliphatic rings. The van der Waals surface area contributed by atoms with E-state index in [9.17, 15) is 0 Å². The summed E-state index contributed by atoms with van der Waals surface area (Å²) in [5.74, 6) is 0.859. The molecule has 1 aromatic carbocycles. The average molecular weight is 213 g/mol. The molecule has 2 aromatic rings. The predicted molar refractivity (Wildman–Crippen MR) is 65.3 cm³/mol. The van der Waals surface area contributed by atoms with E-state index < -0.39 is 0 Å². The average Bonchev–Trinajstić information content (AvgIpc) is 3.12. The highest BCUT2D eigenvalue weighted by Gasteiger charge is 2.27. The van der Waals surface area contributed by atoms with Crippen molar-refractivity contribution < 1.29 is 0 Å². The first-order valence-corrected chi connectivity index (χ1v) is 5.80. The number of benzene rings is 1. The van der Waals surface area contributed by atoms with E-state index in [2.05, 4.69) is 34.3 Å². The largest absolute Gasteiger partial charge is 0.382 e. The quantitative estimate of drug-likeness (QED) is 0.852. The van der Waals surface area contributed by atoms with Crippen LogP contribution in [0.2, 0.25) is 0 Å². The van der Waals surface area contributed by atoms with Crippen LogP contribution in [-0.2, 0) is 0 Å². The Labute approximate surface area is 94.9 Å². The highest BCUT2D eigenvalue weighted by atomic mass is 14.9. The van der Waals surface area contributed by atoms with E-state index >= 15 is 0 Å². The Morgan fingerprint density at radius 1 is 1.19 bits per heavy atom. The van der Waals surface area contributed by atoms with Gasteiger partial charge in [-0.15, -0.1) is 0 Å². The van der Waals surface area contributed by atoms with E-state index in [1.54, 1.807) is 12.4 Å². The van der Waals surface area contributed by atoms with E-state index in [0.29, 0.717) is 6.04 Å². The van der Waals surface area contributed by atoms with Gasteiger partial charge in [0, 0.05) is 24.1 Å². The Hall–Kier alpha value is -1.64. The summed E-state index contributed by atoms with van der Waals surface area (Å²) in [5.41, 5.74) is 3.05. The third-order valence-electron chi connectivity index (χ3n) is 3.19. The summed E-state index contributed by atoms with van der Waals surface area (Å²) < 4.78 is 0.